The number of hydrogen-bond acceptors (Lipinski definition) is 23. The second-order valence-electron chi connectivity index (χ2n) is 33.4. The summed E-state index contributed by atoms with van der Waals surface area (Å²) in [6, 6.07) is 32.9. The maximum Gasteiger partial charge on any atom is 0.410 e. The molecule has 4 aliphatic heterocycles. The van der Waals surface area contributed by atoms with E-state index in [1.165, 1.54) is 49.6 Å². The van der Waals surface area contributed by atoms with Crippen molar-refractivity contribution >= 4 is 189 Å². The number of aliphatic hydroxyl groups is 1. The zero-order valence-electron chi connectivity index (χ0n) is 82.1. The number of fused-ring (bicyclic) bond motifs is 4. The first kappa shape index (κ1) is 90.3. The molecule has 0 aliphatic carbocycles. The Hall–Kier alpha value is -9.84. The molecule has 4 fully saturated rings. The number of phenols is 1. The molecule has 4 aromatic heterocycles. The molecule has 8 aromatic carbocycles. The van der Waals surface area contributed by atoms with Gasteiger partial charge in [-0.2, -0.15) is 0 Å². The van der Waals surface area contributed by atoms with E-state index < -0.39 is 66.7 Å². The number of alkyl halides is 2. The maximum absolute atomic E-state index is 14.4. The highest BCUT2D eigenvalue weighted by molar-refractivity contribution is 9.11. The smallest absolute Gasteiger partial charge is 0.410 e. The van der Waals surface area contributed by atoms with E-state index in [4.69, 9.17) is 57.9 Å². The van der Waals surface area contributed by atoms with Crippen LogP contribution in [-0.4, -0.2) is 179 Å². The van der Waals surface area contributed by atoms with Crippen LogP contribution in [0.2, 0.25) is 0 Å². The number of aryl methyl sites for hydroxylation is 4. The van der Waals surface area contributed by atoms with E-state index in [0.29, 0.717) is 177 Å². The fourth-order valence-electron chi connectivity index (χ4n) is 13.9. The van der Waals surface area contributed by atoms with Gasteiger partial charge in [0.15, 0.2) is 0 Å². The molecular weight excluding hydrogens is 1990 g/mol. The van der Waals surface area contributed by atoms with E-state index in [0.717, 1.165) is 68.4 Å². The van der Waals surface area contributed by atoms with E-state index in [9.17, 15) is 37.4 Å². The number of benzene rings is 8. The summed E-state index contributed by atoms with van der Waals surface area (Å²) in [7, 11) is 2.05. The van der Waals surface area contributed by atoms with Crippen LogP contribution in [-0.2, 0) is 9.47 Å². The first-order valence-electron chi connectivity index (χ1n) is 46.3. The van der Waals surface area contributed by atoms with E-state index in [1.807, 2.05) is 81.5 Å². The number of rotatable bonds is 18. The van der Waals surface area contributed by atoms with Gasteiger partial charge in [0, 0.05) is 96.4 Å². The fourth-order valence-corrected chi connectivity index (χ4v) is 15.2. The van der Waals surface area contributed by atoms with Gasteiger partial charge >= 0.3 is 12.2 Å². The summed E-state index contributed by atoms with van der Waals surface area (Å²) in [5, 5.41) is 37.2. The van der Waals surface area contributed by atoms with Crippen molar-refractivity contribution in [3.8, 4) is 23.0 Å². The molecule has 4 aliphatic rings. The van der Waals surface area contributed by atoms with Crippen molar-refractivity contribution in [3.05, 3.63) is 210 Å². The van der Waals surface area contributed by atoms with Gasteiger partial charge in [-0.1, -0.05) is 63.7 Å². The Kier molecular flexibility index (Phi) is 33.2. The molecule has 4 saturated heterocycles. The molecule has 8 heterocycles. The summed E-state index contributed by atoms with van der Waals surface area (Å²) >= 11 is 22.5. The number of aromatic nitrogens is 8. The van der Waals surface area contributed by atoms with Crippen LogP contribution in [0.3, 0.4) is 0 Å². The van der Waals surface area contributed by atoms with Crippen molar-refractivity contribution in [1.29, 1.82) is 0 Å². The predicted molar refractivity (Wildman–Crippen MR) is 525 cm³/mol. The first-order chi connectivity index (χ1) is 65.4. The number of likely N-dealkylation sites (tertiary alicyclic amines) is 3. The minimum atomic E-state index is -2.15. The van der Waals surface area contributed by atoms with Gasteiger partial charge in [0.2, 0.25) is 0 Å². The minimum Gasteiger partial charge on any atom is -0.508 e. The van der Waals surface area contributed by atoms with Gasteiger partial charge in [0.25, 0.3) is 0 Å². The van der Waals surface area contributed by atoms with Crippen LogP contribution >= 0.6 is 86.9 Å². The van der Waals surface area contributed by atoms with Gasteiger partial charge in [0.1, 0.15) is 106 Å². The number of amides is 2. The largest absolute Gasteiger partial charge is 0.508 e. The third kappa shape index (κ3) is 30.3. The zero-order valence-corrected chi connectivity index (χ0v) is 82.0. The van der Waals surface area contributed by atoms with Gasteiger partial charge in [-0.25, -0.2) is 67.0 Å². The van der Waals surface area contributed by atoms with Crippen molar-refractivity contribution in [1.82, 2.24) is 59.9 Å². The van der Waals surface area contributed by atoms with E-state index in [-0.39, 0.29) is 46.6 Å². The van der Waals surface area contributed by atoms with Gasteiger partial charge in [-0.3, -0.25) is 0 Å². The third-order valence-corrected chi connectivity index (χ3v) is 23.0. The van der Waals surface area contributed by atoms with Crippen molar-refractivity contribution in [3.63, 3.8) is 0 Å². The number of hydrogen-bond donors (Lipinski definition) is 7. The molecule has 0 bridgehead atoms. The predicted octanol–water partition coefficient (Wildman–Crippen LogP) is 24.2. The van der Waals surface area contributed by atoms with Gasteiger partial charge in [-0.15, -0.1) is 23.2 Å². The van der Waals surface area contributed by atoms with Crippen LogP contribution < -0.4 is 40.8 Å². The molecule has 131 heavy (non-hydrogen) atoms. The SMILES string of the molecule is Cc1cc2c(Nc3ccc(Br)cc3F)ncnc2cc1O.ClCCl.[2H]C([2H])(O)C1CCN(C(=O)OC(C)(C)C)CC1.[2H]C([2H])(Oc1cc2ncnc(Nc3ccc(Br)cc3F)c2cc1C)C1CCN(C(=O)OC(C)(C)C)CC1.[2H]C([2H])(Oc1cc2ncnc(Nc3ccc(Br)cc3F)c2cc1C)C1CCN(C)CC1.[2H]C([2H])(Oc1cc2ncnc(Nc3ccc(Br)cc3F)c2cc1C)C1CCNCC1. The molecule has 12 aromatic rings. The monoisotopic (exact) mass is 2100 g/mol. The van der Waals surface area contributed by atoms with E-state index >= 15 is 0 Å². The standard InChI is InChI=1S/C26H30BrFN4O3.C22H24BrFN4O.C21H22BrFN4O.C15H11BrFN3O.C11H21NO3.CH2Cl2/c1-16-11-19-22(29-15-30-24(19)31-21-6-5-18(27)12-20(21)28)13-23(16)34-14-17-7-9-32(10-8-17)25(33)35-26(2,3)4;1-14-9-17-20(11-21(14)29-12-15-5-7-28(2)8-6-15)25-13-26-22(17)27-19-4-3-16(23)10-18(19)24;1-13-8-16-19(10-20(13)28-11-14-4-6-24-7-5-14)25-12-26-21(16)27-18-3-2-15(22)9-17(18)23;1-8-4-10-13(6-14(8)21)18-7-19-15(10)20-12-3-2-9(16)5-11(12)17;1-11(2,3)15-10(14)12-6-4-9(8-13)5-7-12;2-1-3/h5-6,11-13,15,17H,7-10,14H2,1-4H3,(H,29,30,31);3-4,9-11,13,15H,5-8,12H2,1-2H3,(H,25,26,27);2-3,8-10,12,14,24H,4-7,11H2,1H3,(H,25,26,27);2-7,21H,1H3,(H,18,19,20);9,13H,4-8H2,1-3H3;1H2/i14D2;12D2;11D2;;8D2;. The molecule has 16 rings (SSSR count). The molecule has 35 heteroatoms. The summed E-state index contributed by atoms with van der Waals surface area (Å²) in [5.74, 6) is 0.556. The normalized spacial score (nSPS) is 16.0. The Bertz CT molecular complexity index is 6310. The number of ether oxygens (including phenoxy) is 5. The Morgan fingerprint density at radius 3 is 1.00 bits per heavy atom. The zero-order chi connectivity index (χ0) is 101. The molecule has 25 nitrogen and oxygen atoms in total. The number of halogens is 10. The topological polar surface area (TPSA) is 294 Å². The van der Waals surface area contributed by atoms with E-state index in [1.54, 1.807) is 102 Å². The first-order valence-corrected chi connectivity index (χ1v) is 46.5. The summed E-state index contributed by atoms with van der Waals surface area (Å²) in [6.45, 7) is 15.5. The number of nitrogens with zero attached hydrogens (tertiary/aromatic N) is 11. The summed E-state index contributed by atoms with van der Waals surface area (Å²) < 4.78 is 153. The average molecular weight is 2110 g/mol. The Balaban J connectivity index is 0.000000169. The number of anilines is 8. The van der Waals surface area contributed by atoms with Gasteiger partial charge in [0.05, 0.1) is 80.8 Å². The van der Waals surface area contributed by atoms with Crippen LogP contribution in [0.1, 0.15) is 126 Å². The Morgan fingerprint density at radius 1 is 0.435 bits per heavy atom. The highest BCUT2D eigenvalue weighted by Gasteiger charge is 2.30. The van der Waals surface area contributed by atoms with Gasteiger partial charge < -0.3 is 75.2 Å². The maximum atomic E-state index is 14.4. The van der Waals surface area contributed by atoms with Crippen molar-refractivity contribution in [2.75, 3.05) is 112 Å². The molecule has 0 atom stereocenters. The van der Waals surface area contributed by atoms with E-state index in [2.05, 4.69) is 135 Å². The summed E-state index contributed by atoms with van der Waals surface area (Å²) in [5.41, 5.74) is 5.34. The summed E-state index contributed by atoms with van der Waals surface area (Å²) in [6.07, 6.45) is 9.57. The summed E-state index contributed by atoms with van der Waals surface area (Å²) in [4.78, 5) is 63.4. The molecule has 0 unspecified atom stereocenters. The van der Waals surface area contributed by atoms with Crippen LogP contribution in [0.25, 0.3) is 43.6 Å². The number of carbonyl (C=O) groups excluding carboxylic acids is 2. The number of piperidine rings is 4. The van der Waals surface area contributed by atoms with Crippen LogP contribution in [0, 0.1) is 74.6 Å². The molecule has 0 saturated carbocycles. The van der Waals surface area contributed by atoms with Crippen molar-refractivity contribution in [2.24, 2.45) is 23.7 Å². The van der Waals surface area contributed by atoms with Gasteiger partial charge in [-0.05, 0) is 297 Å². The van der Waals surface area contributed by atoms with Crippen molar-refractivity contribution < 1.29 is 72.0 Å². The minimum absolute atomic E-state index is 0.165. The molecule has 0 radical (unpaired) electrons. The number of aromatic hydroxyl groups is 1. The van der Waals surface area contributed by atoms with Crippen LogP contribution in [0.15, 0.2) is 165 Å². The quantitative estimate of drug-likeness (QED) is 0.0310. The molecule has 7 N–H and O–H groups in total. The highest BCUT2D eigenvalue weighted by Crippen LogP contribution is 2.38. The average Bonchev–Trinajstić information content (AvgIpc) is 0.787. The third-order valence-electron chi connectivity index (χ3n) is 21.0. The number of phenolic OH excluding ortho intramolecular Hbond substituents is 1. The Morgan fingerprint density at radius 2 is 0.710 bits per heavy atom. The lowest BCUT2D eigenvalue weighted by Crippen LogP contribution is -2.42. The van der Waals surface area contributed by atoms with Crippen molar-refractivity contribution in [2.45, 2.75) is 132 Å². The lowest BCUT2D eigenvalue weighted by molar-refractivity contribution is 0.0152. The van der Waals surface area contributed by atoms with Crippen LogP contribution in [0.5, 0.6) is 23.0 Å². The van der Waals surface area contributed by atoms with Crippen LogP contribution in [0.4, 0.5) is 73.2 Å². The fraction of sp³-hybridized carbons (Fsp3) is 0.396. The lowest BCUT2D eigenvalue weighted by atomic mass is 9.98. The number of carbonyl (C=O) groups is 2. The molecular formula is C96H110Br4Cl2F4N16O9. The molecule has 0 spiro atoms. The highest BCUT2D eigenvalue weighted by atomic mass is 79.9. The second kappa shape index (κ2) is 48.2. The molecule has 698 valence electrons. The number of nitrogens with one attached hydrogen (secondary N) is 5. The lowest BCUT2D eigenvalue weighted by Gasteiger charge is -2.33. The second-order valence-corrected chi connectivity index (χ2v) is 37.9. The Labute approximate surface area is 815 Å². The molecule has 2 amide bonds.